The van der Waals surface area contributed by atoms with Crippen LogP contribution in [0.2, 0.25) is 0 Å². The van der Waals surface area contributed by atoms with Gasteiger partial charge < -0.3 is 10.1 Å². The smallest absolute Gasteiger partial charge is 0.223 e. The van der Waals surface area contributed by atoms with Crippen molar-refractivity contribution in [1.29, 1.82) is 5.26 Å². The van der Waals surface area contributed by atoms with Crippen molar-refractivity contribution in [2.75, 3.05) is 19.5 Å². The molecule has 0 aliphatic carbocycles. The molecular weight excluding hydrogens is 392 g/mol. The zero-order chi connectivity index (χ0) is 21.6. The highest BCUT2D eigenvalue weighted by atomic mass is 16.5. The van der Waals surface area contributed by atoms with Crippen molar-refractivity contribution in [2.24, 2.45) is 0 Å². The fourth-order valence-electron chi connectivity index (χ4n) is 3.09. The monoisotopic (exact) mass is 412 g/mol. The Bertz CT molecular complexity index is 1240. The van der Waals surface area contributed by atoms with E-state index in [-0.39, 0.29) is 0 Å². The van der Waals surface area contributed by atoms with E-state index in [0.717, 1.165) is 17.0 Å². The second-order valence-electron chi connectivity index (χ2n) is 6.76. The molecule has 1 N–H and O–H groups in total. The normalized spacial score (nSPS) is 10.6. The summed E-state index contributed by atoms with van der Waals surface area (Å²) in [6.07, 6.45) is 1.82. The summed E-state index contributed by atoms with van der Waals surface area (Å²) in [6.45, 7) is 0.936. The van der Waals surface area contributed by atoms with Gasteiger partial charge in [0.1, 0.15) is 5.69 Å². The van der Waals surface area contributed by atoms with E-state index in [2.05, 4.69) is 36.7 Å². The van der Waals surface area contributed by atoms with Gasteiger partial charge in [-0.3, -0.25) is 4.98 Å². The van der Waals surface area contributed by atoms with Crippen LogP contribution in [-0.4, -0.2) is 44.1 Å². The van der Waals surface area contributed by atoms with Crippen LogP contribution in [0.4, 0.5) is 5.95 Å². The molecule has 154 valence electrons. The molecule has 31 heavy (non-hydrogen) atoms. The van der Waals surface area contributed by atoms with Crippen LogP contribution >= 0.6 is 0 Å². The number of anilines is 1. The first kappa shape index (κ1) is 20.1. The summed E-state index contributed by atoms with van der Waals surface area (Å²) in [4.78, 5) is 13.6. The topological polar surface area (TPSA) is 114 Å². The zero-order valence-corrected chi connectivity index (χ0v) is 17.1. The van der Waals surface area contributed by atoms with Crippen molar-refractivity contribution in [3.05, 3.63) is 71.7 Å². The van der Waals surface area contributed by atoms with Gasteiger partial charge in [-0.15, -0.1) is 5.10 Å². The van der Waals surface area contributed by atoms with Gasteiger partial charge >= 0.3 is 0 Å². The molecular formula is C22H20N8O. The van der Waals surface area contributed by atoms with Gasteiger partial charge in [0.05, 0.1) is 53.8 Å². The molecule has 0 aliphatic rings. The van der Waals surface area contributed by atoms with Crippen molar-refractivity contribution in [3.63, 3.8) is 0 Å². The average molecular weight is 412 g/mol. The summed E-state index contributed by atoms with van der Waals surface area (Å²) in [7, 11) is 3.40. The van der Waals surface area contributed by atoms with Crippen LogP contribution in [0.5, 0.6) is 0 Å². The fourth-order valence-corrected chi connectivity index (χ4v) is 3.09. The predicted molar refractivity (Wildman–Crippen MR) is 115 cm³/mol. The second kappa shape index (κ2) is 9.11. The fraction of sp³-hybridized carbons (Fsp3) is 0.182. The van der Waals surface area contributed by atoms with Gasteiger partial charge in [0.15, 0.2) is 0 Å². The molecule has 3 heterocycles. The molecule has 0 fully saturated rings. The van der Waals surface area contributed by atoms with E-state index in [4.69, 9.17) is 4.74 Å². The molecule has 3 aromatic heterocycles. The summed E-state index contributed by atoms with van der Waals surface area (Å²) in [5.74, 6) is 0.457. The van der Waals surface area contributed by atoms with Gasteiger partial charge in [-0.2, -0.15) is 5.26 Å². The van der Waals surface area contributed by atoms with Crippen LogP contribution in [0.25, 0.3) is 22.6 Å². The molecule has 0 atom stereocenters. The van der Waals surface area contributed by atoms with E-state index in [1.807, 2.05) is 42.6 Å². The third-order valence-corrected chi connectivity index (χ3v) is 4.52. The third-order valence-electron chi connectivity index (χ3n) is 4.52. The maximum absolute atomic E-state index is 9.19. The quantitative estimate of drug-likeness (QED) is 0.493. The molecule has 0 aliphatic heterocycles. The van der Waals surface area contributed by atoms with Gasteiger partial charge in [0, 0.05) is 19.7 Å². The lowest BCUT2D eigenvalue weighted by molar-refractivity contribution is 0.181. The van der Waals surface area contributed by atoms with Crippen LogP contribution in [0.15, 0.2) is 54.7 Å². The number of rotatable bonds is 7. The summed E-state index contributed by atoms with van der Waals surface area (Å²) in [6, 6.07) is 17.1. The number of nitriles is 1. The van der Waals surface area contributed by atoms with Gasteiger partial charge in [-0.05, 0) is 30.3 Å². The van der Waals surface area contributed by atoms with Crippen molar-refractivity contribution in [2.45, 2.75) is 13.2 Å². The predicted octanol–water partition coefficient (Wildman–Crippen LogP) is 2.91. The summed E-state index contributed by atoms with van der Waals surface area (Å²) >= 11 is 0. The highest BCUT2D eigenvalue weighted by molar-refractivity contribution is 5.68. The van der Waals surface area contributed by atoms with E-state index >= 15 is 0 Å². The van der Waals surface area contributed by atoms with E-state index < -0.39 is 0 Å². The molecule has 0 unspecified atom stereocenters. The first-order valence-corrected chi connectivity index (χ1v) is 9.60. The molecule has 0 saturated heterocycles. The minimum Gasteiger partial charge on any atom is -0.378 e. The van der Waals surface area contributed by atoms with Gasteiger partial charge in [0.2, 0.25) is 5.95 Å². The molecule has 9 nitrogen and oxygen atoms in total. The minimum atomic E-state index is 0.457. The maximum atomic E-state index is 9.19. The summed E-state index contributed by atoms with van der Waals surface area (Å²) in [5, 5.41) is 20.7. The Kier molecular flexibility index (Phi) is 5.91. The van der Waals surface area contributed by atoms with E-state index in [0.29, 0.717) is 41.7 Å². The van der Waals surface area contributed by atoms with Crippen molar-refractivity contribution >= 4 is 5.95 Å². The van der Waals surface area contributed by atoms with Crippen molar-refractivity contribution in [1.82, 2.24) is 29.9 Å². The number of hydrogen-bond acceptors (Lipinski definition) is 8. The number of nitrogens with zero attached hydrogens (tertiary/aromatic N) is 7. The summed E-state index contributed by atoms with van der Waals surface area (Å²) in [5.41, 5.74) is 5.05. The Morgan fingerprint density at radius 1 is 1.00 bits per heavy atom. The number of pyridine rings is 1. The van der Waals surface area contributed by atoms with Gasteiger partial charge in [0.25, 0.3) is 0 Å². The maximum Gasteiger partial charge on any atom is 0.223 e. The zero-order valence-electron chi connectivity index (χ0n) is 17.1. The standard InChI is InChI=1S/C22H20N8O/c1-24-22-26-19(16-6-3-5-15(9-16)11-23)10-20(27-22)21-13-30(29-28-21)12-17-7-4-8-18(25-17)14-31-2/h3-10,13H,12,14H2,1-2H3,(H,24,26,27). The minimum absolute atomic E-state index is 0.457. The highest BCUT2D eigenvalue weighted by Gasteiger charge is 2.12. The molecule has 0 spiro atoms. The largest absolute Gasteiger partial charge is 0.378 e. The second-order valence-corrected chi connectivity index (χ2v) is 6.76. The molecule has 0 amide bonds. The first-order valence-electron chi connectivity index (χ1n) is 9.60. The van der Waals surface area contributed by atoms with E-state index in [9.17, 15) is 5.26 Å². The lowest BCUT2D eigenvalue weighted by Crippen LogP contribution is -2.04. The van der Waals surface area contributed by atoms with Crippen LogP contribution in [0.1, 0.15) is 17.0 Å². The highest BCUT2D eigenvalue weighted by Crippen LogP contribution is 2.24. The Balaban J connectivity index is 1.63. The van der Waals surface area contributed by atoms with Crippen LogP contribution < -0.4 is 5.32 Å². The molecule has 0 bridgehead atoms. The van der Waals surface area contributed by atoms with Gasteiger partial charge in [-0.1, -0.05) is 23.4 Å². The van der Waals surface area contributed by atoms with Crippen molar-refractivity contribution in [3.8, 4) is 28.7 Å². The number of aromatic nitrogens is 6. The van der Waals surface area contributed by atoms with Gasteiger partial charge in [-0.25, -0.2) is 14.6 Å². The average Bonchev–Trinajstić information content (AvgIpc) is 3.28. The SMILES string of the molecule is CNc1nc(-c2cccc(C#N)c2)cc(-c2cn(Cc3cccc(COC)n3)nn2)n1. The Labute approximate surface area is 179 Å². The molecule has 1 aromatic carbocycles. The Morgan fingerprint density at radius 3 is 2.61 bits per heavy atom. The molecule has 4 rings (SSSR count). The molecule has 4 aromatic rings. The van der Waals surface area contributed by atoms with E-state index in [1.54, 1.807) is 31.0 Å². The Morgan fingerprint density at radius 2 is 1.81 bits per heavy atom. The van der Waals surface area contributed by atoms with Crippen LogP contribution in [0, 0.1) is 11.3 Å². The Hall–Kier alpha value is -4.16. The molecule has 0 saturated carbocycles. The van der Waals surface area contributed by atoms with Crippen LogP contribution in [-0.2, 0) is 17.9 Å². The number of hydrogen-bond donors (Lipinski definition) is 1. The lowest BCUT2D eigenvalue weighted by atomic mass is 10.1. The number of methoxy groups -OCH3 is 1. The third kappa shape index (κ3) is 4.71. The molecule has 0 radical (unpaired) electrons. The summed E-state index contributed by atoms with van der Waals surface area (Å²) < 4.78 is 6.86. The van der Waals surface area contributed by atoms with E-state index in [1.165, 1.54) is 0 Å². The van der Waals surface area contributed by atoms with Crippen LogP contribution in [0.3, 0.4) is 0 Å². The number of benzene rings is 1. The number of ether oxygens (including phenoxy) is 1. The first-order chi connectivity index (χ1) is 15.2. The molecule has 9 heteroatoms. The lowest BCUT2D eigenvalue weighted by Gasteiger charge is -2.07. The number of nitrogens with one attached hydrogen (secondary N) is 1. The van der Waals surface area contributed by atoms with Crippen molar-refractivity contribution < 1.29 is 4.74 Å².